The molecule has 1 aromatic heterocycles. The van der Waals surface area contributed by atoms with E-state index in [4.69, 9.17) is 53.5 Å². The van der Waals surface area contributed by atoms with E-state index in [0.29, 0.717) is 32.8 Å². The zero-order valence-electron chi connectivity index (χ0n) is 66.6. The first-order valence-electron chi connectivity index (χ1n) is 38.4. The maximum Gasteiger partial charge on any atom is 0.258 e. The number of benzene rings is 6. The second-order valence-corrected chi connectivity index (χ2v) is 29.0. The van der Waals surface area contributed by atoms with Gasteiger partial charge in [-0.1, -0.05) is 60.1 Å². The van der Waals surface area contributed by atoms with Crippen LogP contribution in [0.5, 0.6) is 23.0 Å². The lowest BCUT2D eigenvalue weighted by molar-refractivity contribution is -0.143. The molecule has 11 atom stereocenters. The summed E-state index contributed by atoms with van der Waals surface area (Å²) < 4.78 is 25.0. The fraction of sp³-hybridized carbons (Fsp3) is 0.395. The fourth-order valence-electron chi connectivity index (χ4n) is 13.3. The Morgan fingerprint density at radius 2 is 1.07 bits per heavy atom. The highest BCUT2D eigenvalue weighted by atomic mass is 35.5. The molecule has 119 heavy (non-hydrogen) atoms. The van der Waals surface area contributed by atoms with Gasteiger partial charge in [0.1, 0.15) is 91.7 Å². The number of aliphatic hydroxyl groups excluding tert-OH is 2. The Bertz CT molecular complexity index is 4810. The Labute approximate surface area is 690 Å². The highest BCUT2D eigenvalue weighted by Crippen LogP contribution is 2.43. The Balaban J connectivity index is 1.03. The number of Topliss-reactive ketones (excluding diaryl/α,β-unsaturated/α-hetero) is 2. The number of aliphatic hydroxyl groups is 2. The number of likely N-dealkylation sites (N-methyl/N-ethyl adjacent to an activating group) is 2. The molecular formula is C81H100ClN19O18. The average Bonchev–Trinajstić information content (AvgIpc) is 0.819. The zero-order valence-corrected chi connectivity index (χ0v) is 67.4. The molecule has 0 radical (unpaired) electrons. The lowest BCUT2D eigenvalue weighted by atomic mass is 9.93. The summed E-state index contributed by atoms with van der Waals surface area (Å²) in [6.07, 6.45) is -2.90. The van der Waals surface area contributed by atoms with Crippen LogP contribution >= 0.6 is 11.6 Å². The van der Waals surface area contributed by atoms with E-state index in [9.17, 15) is 58.2 Å². The van der Waals surface area contributed by atoms with E-state index < -0.39 is 138 Å². The van der Waals surface area contributed by atoms with Gasteiger partial charge in [0.25, 0.3) is 11.8 Å². The number of carbonyl (C=O) groups is 12. The summed E-state index contributed by atoms with van der Waals surface area (Å²) in [5.74, 6) is -8.81. The average molecular weight is 1660 g/mol. The Kier molecular flexibility index (Phi) is 32.5. The van der Waals surface area contributed by atoms with Crippen molar-refractivity contribution in [1.29, 1.82) is 0 Å². The van der Waals surface area contributed by atoms with E-state index in [-0.39, 0.29) is 142 Å². The van der Waals surface area contributed by atoms with Gasteiger partial charge < -0.3 is 104 Å². The number of tetrazole rings is 1. The Morgan fingerprint density at radius 3 is 1.57 bits per heavy atom. The predicted octanol–water partition coefficient (Wildman–Crippen LogP) is -0.213. The summed E-state index contributed by atoms with van der Waals surface area (Å²) in [5, 5.41) is 57.9. The van der Waals surface area contributed by atoms with Crippen molar-refractivity contribution in [3.05, 3.63) is 160 Å². The molecular weight excluding hydrogens is 1560 g/mol. The van der Waals surface area contributed by atoms with E-state index in [1.807, 2.05) is 12.1 Å². The topological polar surface area (TPSA) is 556 Å². The van der Waals surface area contributed by atoms with Gasteiger partial charge in [0.05, 0.1) is 31.5 Å². The molecule has 2 unspecified atom stereocenters. The van der Waals surface area contributed by atoms with Crippen molar-refractivity contribution in [3.8, 4) is 56.4 Å². The Hall–Kier alpha value is -12.4. The van der Waals surface area contributed by atoms with Crippen molar-refractivity contribution in [1.82, 2.24) is 78.3 Å². The molecule has 2 aliphatic rings. The molecule has 7 aromatic rings. The summed E-state index contributed by atoms with van der Waals surface area (Å²) >= 11 is 6.19. The second kappa shape index (κ2) is 42.7. The maximum atomic E-state index is 15.7. The summed E-state index contributed by atoms with van der Waals surface area (Å²) in [4.78, 5) is 171. The van der Waals surface area contributed by atoms with Crippen molar-refractivity contribution in [3.63, 3.8) is 0 Å². The monoisotopic (exact) mass is 1660 g/mol. The number of nitrogens with one attached hydrogen (secondary N) is 10. The molecule has 0 spiro atoms. The third kappa shape index (κ3) is 24.0. The van der Waals surface area contributed by atoms with Crippen LogP contribution in [0.4, 0.5) is 0 Å². The van der Waals surface area contributed by atoms with Gasteiger partial charge in [0.2, 0.25) is 58.9 Å². The smallest absolute Gasteiger partial charge is 0.258 e. The zero-order chi connectivity index (χ0) is 86.3. The van der Waals surface area contributed by atoms with E-state index in [0.717, 1.165) is 27.9 Å². The van der Waals surface area contributed by atoms with Crippen molar-refractivity contribution < 1.29 is 86.7 Å². The van der Waals surface area contributed by atoms with Crippen LogP contribution in [0.2, 0.25) is 5.02 Å². The number of hydrogen-bond donors (Lipinski definition) is 16. The van der Waals surface area contributed by atoms with Crippen LogP contribution in [0.1, 0.15) is 109 Å². The molecule has 0 saturated heterocycles. The predicted molar refractivity (Wildman–Crippen MR) is 434 cm³/mol. The molecule has 9 rings (SSSR count). The quantitative estimate of drug-likeness (QED) is 0.0141. The molecule has 2 aliphatic heterocycles. The summed E-state index contributed by atoms with van der Waals surface area (Å²) in [6, 6.07) is 20.2. The third-order valence-corrected chi connectivity index (χ3v) is 20.0. The number of hydrogen-bond acceptors (Lipinski definition) is 26. The van der Waals surface area contributed by atoms with Crippen LogP contribution in [0.3, 0.4) is 0 Å². The lowest BCUT2D eigenvalue weighted by Crippen LogP contribution is -2.60. The van der Waals surface area contributed by atoms with E-state index >= 15 is 9.59 Å². The van der Waals surface area contributed by atoms with Crippen molar-refractivity contribution in [2.45, 2.75) is 133 Å². The molecule has 3 heterocycles. The van der Waals surface area contributed by atoms with Gasteiger partial charge in [-0.3, -0.25) is 62.9 Å². The minimum Gasteiger partial charge on any atom is -0.492 e. The number of H-pyrrole nitrogens is 1. The van der Waals surface area contributed by atoms with Crippen LogP contribution in [0, 0.1) is 0 Å². The molecule has 37 nitrogen and oxygen atoms in total. The number of fused-ring (bicyclic) bond motifs is 10. The number of halogens is 1. The number of ketones is 2. The molecule has 20 N–H and O–H groups in total. The highest BCUT2D eigenvalue weighted by Gasteiger charge is 2.40. The number of aromatic amines is 1. The SMILES string of the molecule is CC(=O)N[C@@H](CO)C(=O)N(C)[C@@H]1C(=O)N[C@@H](C)C(=O)N[C@H](C(=O)N[C@@H](C)C(=O)c2nnn[nH]2)Cc2ccc(OCCNC(N)CCC[C@H](NC(=O)c3ccc(-c4ccc(Cl)cc4)cc3)C(=O)N(C)C3C(=O)N[C@@H](N)C(=O)N[C@H](C(=O)N[C@@H](C)C(C)=O)Cc4ccc(OCCO)c(c4)-c4cc3ccc4OCCN)c(c2)-c2cc1ccc2OCCN. The van der Waals surface area contributed by atoms with Gasteiger partial charge >= 0.3 is 0 Å². The first-order chi connectivity index (χ1) is 56.9. The molecule has 634 valence electrons. The van der Waals surface area contributed by atoms with Crippen LogP contribution < -0.4 is 89.7 Å². The van der Waals surface area contributed by atoms with Crippen LogP contribution in [0.15, 0.2) is 121 Å². The van der Waals surface area contributed by atoms with Gasteiger partial charge in [-0.2, -0.15) is 0 Å². The summed E-state index contributed by atoms with van der Waals surface area (Å²) in [5.41, 5.74) is 29.3. The first-order valence-corrected chi connectivity index (χ1v) is 38.8. The largest absolute Gasteiger partial charge is 0.492 e. The van der Waals surface area contributed by atoms with Crippen LogP contribution in [0.25, 0.3) is 33.4 Å². The fourth-order valence-corrected chi connectivity index (χ4v) is 13.5. The molecule has 0 saturated carbocycles. The Morgan fingerprint density at radius 1 is 0.580 bits per heavy atom. The van der Waals surface area contributed by atoms with Gasteiger partial charge in [0, 0.05) is 86.3 Å². The number of nitrogens with zero attached hydrogens (tertiary/aromatic N) is 5. The number of aromatic nitrogens is 4. The number of amides is 10. The maximum absolute atomic E-state index is 15.7. The van der Waals surface area contributed by atoms with Gasteiger partial charge in [0.15, 0.2) is 11.9 Å². The molecule has 8 bridgehead atoms. The summed E-state index contributed by atoms with van der Waals surface area (Å²) in [7, 11) is 2.60. The standard InChI is InChI=1S/C81H100ClN19O18/c1-42(45(4)104)88-75(109)61-38-48-12-24-64(119-34-30-102)56(36-48)58-40-53(20-26-66(58)117-32-28-84)69(78(112)95-71(86)79(113)94-61)100(6)80(114)59(92-74(108)51-15-13-49(14-16-51)50-17-21-54(82)22-18-50)9-8-10-67(85)87-29-33-118-63-23-11-47-35-55(63)57-39-52(19-25-65(57)116-31-27-83)68(101(7)81(115)62(41-103)91-46(5)105)77(111)90-44(3)73(107)93-60(37-47)76(110)89-43(2)70(106)72-96-98-99-97-72/h11-26,35-36,39-40,42-44,59-62,67-69,71,87,102-103H,8-10,27-34,37-38,41,83-86H2,1-7H3,(H,88,109)(H,89,110)(H,90,111)(H,91,105)(H,92,108)(H,93,107)(H,94,113)(H,95,112)(H,96,97,98,99)/t42-,43-,44-,59-,60-,61-,62-,67?,68-,69?,71+/m0/s1. The van der Waals surface area contributed by atoms with Gasteiger partial charge in [-0.25, -0.2) is 5.10 Å². The molecule has 38 heteroatoms. The van der Waals surface area contributed by atoms with Crippen molar-refractivity contribution in [2.75, 3.05) is 73.4 Å². The van der Waals surface area contributed by atoms with Crippen LogP contribution in [-0.2, 0) is 60.8 Å². The van der Waals surface area contributed by atoms with E-state index in [1.54, 1.807) is 91.0 Å². The number of carbonyl (C=O) groups excluding carboxylic acids is 12. The number of rotatable bonds is 34. The van der Waals surface area contributed by atoms with Crippen molar-refractivity contribution >= 4 is 82.2 Å². The number of nitrogens with two attached hydrogens (primary N) is 4. The first kappa shape index (κ1) is 90.6. The second-order valence-electron chi connectivity index (χ2n) is 28.5. The minimum absolute atomic E-state index is 0.0131. The lowest BCUT2D eigenvalue weighted by Gasteiger charge is -2.33. The molecule has 6 aromatic carbocycles. The normalized spacial score (nSPS) is 18.0. The number of ether oxygens (including phenoxy) is 4. The van der Waals surface area contributed by atoms with Crippen molar-refractivity contribution in [2.24, 2.45) is 22.9 Å². The molecule has 0 aliphatic carbocycles. The summed E-state index contributed by atoms with van der Waals surface area (Å²) in [6.45, 7) is 5.29. The van der Waals surface area contributed by atoms with Crippen LogP contribution in [-0.4, -0.2) is 239 Å². The molecule has 0 fully saturated rings. The third-order valence-electron chi connectivity index (χ3n) is 19.7. The van der Waals surface area contributed by atoms with Gasteiger partial charge in [-0.15, -0.1) is 5.10 Å². The van der Waals surface area contributed by atoms with Gasteiger partial charge in [-0.05, 0) is 164 Å². The highest BCUT2D eigenvalue weighted by molar-refractivity contribution is 6.30. The minimum atomic E-state index is -1.86. The van der Waals surface area contributed by atoms with E-state index in [1.165, 1.54) is 60.0 Å². The molecule has 10 amide bonds. The van der Waals surface area contributed by atoms with E-state index in [2.05, 4.69) is 68.5 Å².